The van der Waals surface area contributed by atoms with Crippen LogP contribution in [0.25, 0.3) is 6.08 Å². The molecular formula is C19H17F3O4. The Bertz CT molecular complexity index is 752. The molecular weight excluding hydrogens is 349 g/mol. The molecule has 0 saturated heterocycles. The Morgan fingerprint density at radius 1 is 1.04 bits per heavy atom. The second-order valence-corrected chi connectivity index (χ2v) is 5.15. The van der Waals surface area contributed by atoms with Gasteiger partial charge in [-0.05, 0) is 42.5 Å². The van der Waals surface area contributed by atoms with Gasteiger partial charge in [0.05, 0.1) is 6.61 Å². The summed E-state index contributed by atoms with van der Waals surface area (Å²) in [4.78, 5) is 12.2. The first-order chi connectivity index (χ1) is 12.4. The first kappa shape index (κ1) is 19.5. The van der Waals surface area contributed by atoms with E-state index in [4.69, 9.17) is 9.47 Å². The van der Waals surface area contributed by atoms with Gasteiger partial charge in [0.1, 0.15) is 18.1 Å². The zero-order chi connectivity index (χ0) is 19.0. The predicted molar refractivity (Wildman–Crippen MR) is 90.3 cm³/mol. The number of carbonyl (C=O) groups excluding carboxylic acids is 1. The van der Waals surface area contributed by atoms with Gasteiger partial charge in [0.15, 0.2) is 5.78 Å². The second-order valence-electron chi connectivity index (χ2n) is 5.15. The third-order valence-electron chi connectivity index (χ3n) is 3.25. The van der Waals surface area contributed by atoms with Crippen LogP contribution in [0.3, 0.4) is 0 Å². The van der Waals surface area contributed by atoms with Crippen LogP contribution in [0.4, 0.5) is 13.2 Å². The molecule has 2 aromatic rings. The van der Waals surface area contributed by atoms with Crippen molar-refractivity contribution in [3.63, 3.8) is 0 Å². The molecule has 138 valence electrons. The lowest BCUT2D eigenvalue weighted by atomic mass is 10.1. The van der Waals surface area contributed by atoms with Crippen molar-refractivity contribution in [1.29, 1.82) is 0 Å². The third kappa shape index (κ3) is 6.25. The molecule has 0 bridgehead atoms. The fourth-order valence-corrected chi connectivity index (χ4v) is 2.06. The van der Waals surface area contributed by atoms with E-state index in [1.54, 1.807) is 37.4 Å². The van der Waals surface area contributed by atoms with Crippen LogP contribution in [-0.2, 0) is 4.74 Å². The fraction of sp³-hybridized carbons (Fsp3) is 0.211. The molecule has 0 amide bonds. The van der Waals surface area contributed by atoms with Crippen LogP contribution in [-0.4, -0.2) is 32.5 Å². The molecule has 0 fully saturated rings. The smallest absolute Gasteiger partial charge is 0.491 e. The number of halogens is 3. The number of methoxy groups -OCH3 is 1. The quantitative estimate of drug-likeness (QED) is 0.392. The summed E-state index contributed by atoms with van der Waals surface area (Å²) in [5, 5.41) is 0. The highest BCUT2D eigenvalue weighted by molar-refractivity contribution is 6.07. The van der Waals surface area contributed by atoms with Crippen molar-refractivity contribution < 1.29 is 32.2 Å². The molecule has 0 aliphatic carbocycles. The topological polar surface area (TPSA) is 44.8 Å². The summed E-state index contributed by atoms with van der Waals surface area (Å²) in [6, 6.07) is 12.0. The molecule has 0 unspecified atom stereocenters. The summed E-state index contributed by atoms with van der Waals surface area (Å²) in [5.74, 6) is -0.132. The molecule has 2 aromatic carbocycles. The van der Waals surface area contributed by atoms with Crippen molar-refractivity contribution in [2.45, 2.75) is 6.36 Å². The van der Waals surface area contributed by atoms with Crippen molar-refractivity contribution in [2.75, 3.05) is 20.3 Å². The number of ketones is 1. The van der Waals surface area contributed by atoms with Gasteiger partial charge in [-0.15, -0.1) is 13.2 Å². The highest BCUT2D eigenvalue weighted by Gasteiger charge is 2.31. The minimum atomic E-state index is -4.80. The van der Waals surface area contributed by atoms with E-state index < -0.39 is 6.36 Å². The molecule has 0 spiro atoms. The number of hydrogen-bond donors (Lipinski definition) is 0. The van der Waals surface area contributed by atoms with Crippen LogP contribution >= 0.6 is 0 Å². The monoisotopic (exact) mass is 366 g/mol. The van der Waals surface area contributed by atoms with Crippen LogP contribution in [0.2, 0.25) is 0 Å². The van der Waals surface area contributed by atoms with E-state index in [1.807, 2.05) is 0 Å². The molecule has 0 saturated carbocycles. The number of hydrogen-bond acceptors (Lipinski definition) is 4. The van der Waals surface area contributed by atoms with Gasteiger partial charge >= 0.3 is 6.36 Å². The minimum Gasteiger partial charge on any atom is -0.491 e. The van der Waals surface area contributed by atoms with E-state index in [0.29, 0.717) is 24.5 Å². The number of para-hydroxylation sites is 1. The van der Waals surface area contributed by atoms with Gasteiger partial charge in [0.25, 0.3) is 0 Å². The van der Waals surface area contributed by atoms with Crippen LogP contribution in [0, 0.1) is 0 Å². The van der Waals surface area contributed by atoms with Crippen molar-refractivity contribution in [1.82, 2.24) is 0 Å². The number of benzene rings is 2. The number of carbonyl (C=O) groups is 1. The maximum Gasteiger partial charge on any atom is 0.573 e. The van der Waals surface area contributed by atoms with E-state index in [9.17, 15) is 18.0 Å². The molecule has 7 heteroatoms. The number of alkyl halides is 3. The predicted octanol–water partition coefficient (Wildman–Crippen LogP) is 4.51. The second kappa shape index (κ2) is 9.05. The SMILES string of the molecule is COCCOc1ccc(C(=O)/C=C/c2ccccc2OC(F)(F)F)cc1. The van der Waals surface area contributed by atoms with Gasteiger partial charge < -0.3 is 14.2 Å². The van der Waals surface area contributed by atoms with Gasteiger partial charge in [-0.2, -0.15) is 0 Å². The minimum absolute atomic E-state index is 0.151. The third-order valence-corrected chi connectivity index (χ3v) is 3.25. The Labute approximate surface area is 148 Å². The van der Waals surface area contributed by atoms with Crippen LogP contribution in [0.1, 0.15) is 15.9 Å². The molecule has 0 aromatic heterocycles. The molecule has 0 N–H and O–H groups in total. The van der Waals surface area contributed by atoms with Crippen molar-refractivity contribution in [2.24, 2.45) is 0 Å². The zero-order valence-electron chi connectivity index (χ0n) is 14.0. The summed E-state index contributed by atoms with van der Waals surface area (Å²) >= 11 is 0. The standard InChI is InChI=1S/C19H17F3O4/c1-24-12-13-25-16-9-6-14(7-10-16)17(23)11-8-15-4-2-3-5-18(15)26-19(20,21)22/h2-11H,12-13H2,1H3/b11-8+. The molecule has 0 aliphatic heterocycles. The van der Waals surface area contributed by atoms with Crippen LogP contribution in [0.15, 0.2) is 54.6 Å². The number of allylic oxidation sites excluding steroid dienone is 1. The van der Waals surface area contributed by atoms with Gasteiger partial charge in [-0.1, -0.05) is 18.2 Å². The summed E-state index contributed by atoms with van der Waals surface area (Å²) in [7, 11) is 1.56. The van der Waals surface area contributed by atoms with Gasteiger partial charge in [-0.3, -0.25) is 4.79 Å². The highest BCUT2D eigenvalue weighted by Crippen LogP contribution is 2.27. The maximum atomic E-state index is 12.4. The first-order valence-electron chi connectivity index (χ1n) is 7.68. The Kier molecular flexibility index (Phi) is 6.80. The average Bonchev–Trinajstić information content (AvgIpc) is 2.60. The van der Waals surface area contributed by atoms with Crippen molar-refractivity contribution >= 4 is 11.9 Å². The maximum absolute atomic E-state index is 12.4. The molecule has 0 radical (unpaired) electrons. The van der Waals surface area contributed by atoms with Crippen LogP contribution in [0.5, 0.6) is 11.5 Å². The normalized spacial score (nSPS) is 11.5. The largest absolute Gasteiger partial charge is 0.573 e. The summed E-state index contributed by atoms with van der Waals surface area (Å²) in [5.41, 5.74) is 0.534. The van der Waals surface area contributed by atoms with E-state index in [0.717, 1.165) is 0 Å². The molecule has 2 rings (SSSR count). The molecule has 26 heavy (non-hydrogen) atoms. The molecule has 0 heterocycles. The van der Waals surface area contributed by atoms with E-state index in [1.165, 1.54) is 30.4 Å². The first-order valence-corrected chi connectivity index (χ1v) is 7.68. The summed E-state index contributed by atoms with van der Waals surface area (Å²) in [6.07, 6.45) is -2.32. The summed E-state index contributed by atoms with van der Waals surface area (Å²) in [6.45, 7) is 0.836. The van der Waals surface area contributed by atoms with Crippen molar-refractivity contribution in [3.05, 3.63) is 65.7 Å². The lowest BCUT2D eigenvalue weighted by Gasteiger charge is -2.10. The molecule has 4 nitrogen and oxygen atoms in total. The van der Waals surface area contributed by atoms with Gasteiger partial charge in [0, 0.05) is 18.2 Å². The van der Waals surface area contributed by atoms with Crippen molar-refractivity contribution in [3.8, 4) is 11.5 Å². The zero-order valence-corrected chi connectivity index (χ0v) is 14.0. The Balaban J connectivity index is 2.05. The average molecular weight is 366 g/mol. The van der Waals surface area contributed by atoms with E-state index in [2.05, 4.69) is 4.74 Å². The van der Waals surface area contributed by atoms with Crippen LogP contribution < -0.4 is 9.47 Å². The summed E-state index contributed by atoms with van der Waals surface area (Å²) < 4.78 is 51.4. The highest BCUT2D eigenvalue weighted by atomic mass is 19.4. The molecule has 0 atom stereocenters. The Morgan fingerprint density at radius 2 is 1.73 bits per heavy atom. The van der Waals surface area contributed by atoms with E-state index in [-0.39, 0.29) is 17.1 Å². The van der Waals surface area contributed by atoms with Gasteiger partial charge in [0.2, 0.25) is 0 Å². The fourth-order valence-electron chi connectivity index (χ4n) is 2.06. The molecule has 0 aliphatic rings. The lowest BCUT2D eigenvalue weighted by Crippen LogP contribution is -2.17. The Morgan fingerprint density at radius 3 is 2.38 bits per heavy atom. The number of rotatable bonds is 8. The van der Waals surface area contributed by atoms with Gasteiger partial charge in [-0.25, -0.2) is 0 Å². The number of ether oxygens (including phenoxy) is 3. The Hall–Kier alpha value is -2.80. The van der Waals surface area contributed by atoms with E-state index >= 15 is 0 Å². The lowest BCUT2D eigenvalue weighted by molar-refractivity contribution is -0.274.